The molecule has 25 heavy (non-hydrogen) atoms. The van der Waals surface area contributed by atoms with E-state index in [1.54, 1.807) is 0 Å². The van der Waals surface area contributed by atoms with E-state index in [-0.39, 0.29) is 0 Å². The molecular formula is C24H27P. The van der Waals surface area contributed by atoms with Crippen molar-refractivity contribution in [1.82, 2.24) is 0 Å². The van der Waals surface area contributed by atoms with Gasteiger partial charge in [-0.3, -0.25) is 0 Å². The second kappa shape index (κ2) is 7.14. The number of hydrogen-bond donors (Lipinski definition) is 0. The van der Waals surface area contributed by atoms with E-state index in [0.717, 1.165) is 0 Å². The molecule has 0 aliphatic carbocycles. The Hall–Kier alpha value is -1.91. The van der Waals surface area contributed by atoms with Crippen molar-refractivity contribution in [3.05, 3.63) is 88.0 Å². The summed E-state index contributed by atoms with van der Waals surface area (Å²) in [4.78, 5) is 0. The zero-order chi connectivity index (χ0) is 18.1. The van der Waals surface area contributed by atoms with Crippen LogP contribution in [0.15, 0.2) is 54.6 Å². The first-order chi connectivity index (χ1) is 11.9. The van der Waals surface area contributed by atoms with Gasteiger partial charge in [0.2, 0.25) is 0 Å². The Bertz CT molecular complexity index is 850. The zero-order valence-corrected chi connectivity index (χ0v) is 17.0. The minimum Gasteiger partial charge on any atom is -0.0622 e. The van der Waals surface area contributed by atoms with Crippen molar-refractivity contribution in [2.45, 2.75) is 41.5 Å². The SMILES string of the molecule is Cc1ccc(P(c2ccccc2)c2ccc(C)c(C)c2C)c(C)c1C. The maximum absolute atomic E-state index is 2.35. The second-order valence-electron chi connectivity index (χ2n) is 6.97. The Kier molecular flexibility index (Phi) is 5.11. The van der Waals surface area contributed by atoms with E-state index in [4.69, 9.17) is 0 Å². The molecular weight excluding hydrogens is 319 g/mol. The summed E-state index contributed by atoms with van der Waals surface area (Å²) in [6, 6.07) is 20.3. The molecule has 0 unspecified atom stereocenters. The molecule has 0 atom stereocenters. The molecule has 0 fully saturated rings. The maximum Gasteiger partial charge on any atom is -0.0119 e. The van der Waals surface area contributed by atoms with Gasteiger partial charge in [-0.2, -0.15) is 0 Å². The number of aryl methyl sites for hydroxylation is 2. The van der Waals surface area contributed by atoms with Crippen molar-refractivity contribution in [2.24, 2.45) is 0 Å². The van der Waals surface area contributed by atoms with Gasteiger partial charge in [0.15, 0.2) is 0 Å². The average molecular weight is 346 g/mol. The molecule has 3 rings (SSSR count). The van der Waals surface area contributed by atoms with Crippen molar-refractivity contribution in [3.63, 3.8) is 0 Å². The van der Waals surface area contributed by atoms with E-state index in [1.165, 1.54) is 49.3 Å². The van der Waals surface area contributed by atoms with Crippen LogP contribution in [-0.2, 0) is 0 Å². The molecule has 0 N–H and O–H groups in total. The molecule has 3 aromatic carbocycles. The van der Waals surface area contributed by atoms with E-state index in [9.17, 15) is 0 Å². The van der Waals surface area contributed by atoms with Gasteiger partial charge in [0.1, 0.15) is 0 Å². The van der Waals surface area contributed by atoms with Gasteiger partial charge in [-0.15, -0.1) is 0 Å². The highest BCUT2D eigenvalue weighted by molar-refractivity contribution is 7.80. The number of benzene rings is 3. The lowest BCUT2D eigenvalue weighted by molar-refractivity contribution is 1.28. The first kappa shape index (κ1) is 17.9. The fourth-order valence-electron chi connectivity index (χ4n) is 3.35. The van der Waals surface area contributed by atoms with Crippen LogP contribution in [0, 0.1) is 41.5 Å². The summed E-state index contributed by atoms with van der Waals surface area (Å²) in [7, 11) is -0.545. The predicted octanol–water partition coefficient (Wildman–Crippen LogP) is 5.30. The lowest BCUT2D eigenvalue weighted by Crippen LogP contribution is -2.25. The standard InChI is InChI=1S/C24H27P/c1-16-12-14-23(20(5)18(16)3)25(22-10-8-7-9-11-22)24-15-13-17(2)19(4)21(24)6/h7-15H,1-6H3. The third-order valence-electron chi connectivity index (χ3n) is 5.56. The van der Waals surface area contributed by atoms with Crippen LogP contribution in [0.1, 0.15) is 33.4 Å². The Morgan fingerprint density at radius 1 is 0.480 bits per heavy atom. The minimum atomic E-state index is -0.545. The highest BCUT2D eigenvalue weighted by atomic mass is 31.1. The van der Waals surface area contributed by atoms with Crippen LogP contribution in [0.3, 0.4) is 0 Å². The van der Waals surface area contributed by atoms with Crippen molar-refractivity contribution in [2.75, 3.05) is 0 Å². The van der Waals surface area contributed by atoms with Crippen LogP contribution in [0.4, 0.5) is 0 Å². The van der Waals surface area contributed by atoms with Crippen molar-refractivity contribution < 1.29 is 0 Å². The molecule has 0 spiro atoms. The van der Waals surface area contributed by atoms with Gasteiger partial charge in [0.25, 0.3) is 0 Å². The molecule has 0 saturated heterocycles. The summed E-state index contributed by atoms with van der Waals surface area (Å²) < 4.78 is 0. The largest absolute Gasteiger partial charge is 0.0622 e. The second-order valence-corrected chi connectivity index (χ2v) is 9.12. The Balaban J connectivity index is 2.30. The highest BCUT2D eigenvalue weighted by Crippen LogP contribution is 2.37. The first-order valence-electron chi connectivity index (χ1n) is 8.90. The summed E-state index contributed by atoms with van der Waals surface area (Å²) in [5.41, 5.74) is 8.46. The molecule has 0 aromatic heterocycles. The number of rotatable bonds is 3. The zero-order valence-electron chi connectivity index (χ0n) is 16.1. The molecule has 0 aliphatic heterocycles. The van der Waals surface area contributed by atoms with Gasteiger partial charge in [0.05, 0.1) is 0 Å². The van der Waals surface area contributed by atoms with Gasteiger partial charge in [-0.25, -0.2) is 0 Å². The fourth-order valence-corrected chi connectivity index (χ4v) is 6.09. The average Bonchev–Trinajstić information content (AvgIpc) is 2.62. The van der Waals surface area contributed by atoms with Crippen LogP contribution >= 0.6 is 7.92 Å². The summed E-state index contributed by atoms with van der Waals surface area (Å²) in [5, 5.41) is 4.39. The van der Waals surface area contributed by atoms with Gasteiger partial charge in [-0.1, -0.05) is 54.6 Å². The van der Waals surface area contributed by atoms with Crippen LogP contribution < -0.4 is 15.9 Å². The van der Waals surface area contributed by atoms with Crippen LogP contribution in [0.2, 0.25) is 0 Å². The Morgan fingerprint density at radius 2 is 0.920 bits per heavy atom. The molecule has 0 aliphatic rings. The van der Waals surface area contributed by atoms with Crippen molar-refractivity contribution in [1.29, 1.82) is 0 Å². The number of hydrogen-bond acceptors (Lipinski definition) is 0. The van der Waals surface area contributed by atoms with E-state index in [1.807, 2.05) is 0 Å². The predicted molar refractivity (Wildman–Crippen MR) is 114 cm³/mol. The highest BCUT2D eigenvalue weighted by Gasteiger charge is 2.22. The molecule has 0 amide bonds. The van der Waals surface area contributed by atoms with E-state index >= 15 is 0 Å². The summed E-state index contributed by atoms with van der Waals surface area (Å²) in [6.07, 6.45) is 0. The first-order valence-corrected chi connectivity index (χ1v) is 10.2. The monoisotopic (exact) mass is 346 g/mol. The van der Waals surface area contributed by atoms with Crippen LogP contribution in [0.5, 0.6) is 0 Å². The van der Waals surface area contributed by atoms with Crippen LogP contribution in [0.25, 0.3) is 0 Å². The third-order valence-corrected chi connectivity index (χ3v) is 8.30. The van der Waals surface area contributed by atoms with Gasteiger partial charge in [-0.05, 0) is 98.8 Å². The molecule has 0 saturated carbocycles. The fraction of sp³-hybridized carbons (Fsp3) is 0.250. The lowest BCUT2D eigenvalue weighted by atomic mass is 10.0. The molecule has 0 nitrogen and oxygen atoms in total. The molecule has 0 radical (unpaired) electrons. The topological polar surface area (TPSA) is 0 Å². The quantitative estimate of drug-likeness (QED) is 0.565. The van der Waals surface area contributed by atoms with Crippen LogP contribution in [-0.4, -0.2) is 0 Å². The Morgan fingerprint density at radius 3 is 1.36 bits per heavy atom. The van der Waals surface area contributed by atoms with Gasteiger partial charge >= 0.3 is 0 Å². The normalized spacial score (nSPS) is 11.2. The van der Waals surface area contributed by atoms with Gasteiger partial charge in [0, 0.05) is 0 Å². The molecule has 0 heterocycles. The smallest absolute Gasteiger partial charge is 0.0119 e. The van der Waals surface area contributed by atoms with Gasteiger partial charge < -0.3 is 0 Å². The molecule has 128 valence electrons. The molecule has 0 bridgehead atoms. The van der Waals surface area contributed by atoms with E-state index in [2.05, 4.69) is 96.1 Å². The molecule has 3 aromatic rings. The van der Waals surface area contributed by atoms with E-state index in [0.29, 0.717) is 0 Å². The lowest BCUT2D eigenvalue weighted by Gasteiger charge is -2.25. The third kappa shape index (κ3) is 3.29. The van der Waals surface area contributed by atoms with E-state index < -0.39 is 7.92 Å². The summed E-state index contributed by atoms with van der Waals surface area (Å²) in [5.74, 6) is 0. The Labute approximate surface area is 153 Å². The minimum absolute atomic E-state index is 0.545. The van der Waals surface area contributed by atoms with Crippen molar-refractivity contribution >= 4 is 23.8 Å². The summed E-state index contributed by atoms with van der Waals surface area (Å²) in [6.45, 7) is 13.5. The molecule has 1 heteroatoms. The summed E-state index contributed by atoms with van der Waals surface area (Å²) >= 11 is 0. The maximum atomic E-state index is 2.35. The van der Waals surface area contributed by atoms with Crippen molar-refractivity contribution in [3.8, 4) is 0 Å².